The molecule has 2 N–H and O–H groups in total. The molecule has 13 nitrogen and oxygen atoms in total. The fourth-order valence-corrected chi connectivity index (χ4v) is 30.5. The predicted octanol–water partition coefficient (Wildman–Crippen LogP) is 23.7. The molecule has 8 fully saturated rings. The van der Waals surface area contributed by atoms with E-state index in [-0.39, 0.29) is 52.1 Å². The maximum absolute atomic E-state index is 12.0. The van der Waals surface area contributed by atoms with Crippen LogP contribution in [0.4, 0.5) is 0 Å². The van der Waals surface area contributed by atoms with Crippen molar-refractivity contribution in [2.24, 2.45) is 114 Å². The summed E-state index contributed by atoms with van der Waals surface area (Å²) in [5.41, 5.74) is 22.9. The normalized spacial score (nSPS) is 39.7. The average molecular weight is 1570 g/mol. The number of benzene rings is 4. The number of hydrogen-bond donors (Lipinski definition) is 2. The Kier molecular flexibility index (Phi) is 18.9. The molecule has 4 heterocycles. The highest BCUT2D eigenvalue weighted by Gasteiger charge is 2.63. The highest BCUT2D eigenvalue weighted by molar-refractivity contribution is 5.92. The van der Waals surface area contributed by atoms with E-state index in [1.54, 1.807) is 11.1 Å². The van der Waals surface area contributed by atoms with Crippen LogP contribution in [0.25, 0.3) is 66.9 Å². The lowest BCUT2D eigenvalue weighted by Gasteiger charge is -2.57. The number of hydrogen-bond acceptors (Lipinski definition) is 9. The van der Waals surface area contributed by atoms with Gasteiger partial charge in [0.25, 0.3) is 0 Å². The van der Waals surface area contributed by atoms with Gasteiger partial charge in [-0.15, -0.1) is 5.10 Å². The van der Waals surface area contributed by atoms with E-state index in [9.17, 15) is 19.8 Å². The Bertz CT molecular complexity index is 5230. The molecule has 0 aliphatic heterocycles. The molecule has 16 aliphatic rings. The number of nitrogens with zero attached hydrogens (tertiary/aromatic N) is 9. The Morgan fingerprint density at radius 2 is 0.650 bits per heavy atom. The van der Waals surface area contributed by atoms with Gasteiger partial charge in [-0.25, -0.2) is 19.6 Å². The number of carbonyl (C=O) groups excluding carboxylic acids is 2. The van der Waals surface area contributed by atoms with Gasteiger partial charge in [0.2, 0.25) is 0 Å². The Labute approximate surface area is 693 Å². The molecule has 0 saturated heterocycles. The van der Waals surface area contributed by atoms with Gasteiger partial charge in [-0.2, -0.15) is 0 Å². The molecule has 16 aliphatic carbocycles. The SMILES string of the molecule is C.C[C@]12CCC(=O)C=C1CCC1C2CC[C@]2(C)C(n3cnc4ccccc43)=CCC12.C[C@]12CCC(=O)C=C1CCC1C2CC[C@]2(C)C(n3cnc4ccccc43)=CCC12.C[C@]12CC[C@H](O)CC1=CCC1C2CC[C@]2(C)C(n3cnc4ccccc43)=CCC12.C[C@]12CC[C@H](O)CC1=CCC1C2CC[C@]2(C)C(n3nnc4ccccc43)=CCC12. The van der Waals surface area contributed by atoms with Crippen LogP contribution < -0.4 is 0 Å². The Morgan fingerprint density at radius 3 is 1.05 bits per heavy atom. The fraction of sp³-hybridized carbons (Fsp3) is 0.567. The first-order valence-electron chi connectivity index (χ1n) is 45.7. The van der Waals surface area contributed by atoms with Gasteiger partial charge in [0.15, 0.2) is 11.6 Å². The Hall–Kier alpha value is -8.13. The second kappa shape index (κ2) is 28.5. The van der Waals surface area contributed by atoms with Crippen LogP contribution in [-0.4, -0.2) is 77.6 Å². The molecule has 0 radical (unpaired) electrons. The second-order valence-corrected chi connectivity index (χ2v) is 41.7. The van der Waals surface area contributed by atoms with Gasteiger partial charge in [-0.1, -0.05) is 175 Å². The fourth-order valence-electron chi connectivity index (χ4n) is 30.5. The number of aliphatic hydroxyl groups excluding tert-OH is 2. The zero-order valence-electron chi connectivity index (χ0n) is 70.2. The molecule has 0 amide bonds. The molecule has 117 heavy (non-hydrogen) atoms. The number of imidazole rings is 3. The summed E-state index contributed by atoms with van der Waals surface area (Å²) in [5.74, 6) is 9.60. The third kappa shape index (κ3) is 11.8. The largest absolute Gasteiger partial charge is 0.393 e. The number of para-hydroxylation sites is 7. The van der Waals surface area contributed by atoms with E-state index < -0.39 is 0 Å². The van der Waals surface area contributed by atoms with Gasteiger partial charge in [0, 0.05) is 57.3 Å². The van der Waals surface area contributed by atoms with Gasteiger partial charge in [0.05, 0.1) is 50.8 Å². The van der Waals surface area contributed by atoms with Crippen LogP contribution in [0.3, 0.4) is 0 Å². The number of ketones is 2. The van der Waals surface area contributed by atoms with E-state index in [1.165, 1.54) is 147 Å². The second-order valence-electron chi connectivity index (χ2n) is 41.7. The standard InChI is InChI=1S/C26H32N2O.2C26H30N2O.C25H31N3O.CH4/c3*1-25-13-11-18(29)15-17(25)7-8-19-20-9-10-24(26(20,2)14-12-21(19)25)28-16-27-22-5-3-4-6-23(22)28;1-24-13-11-17(29)15-16(24)7-8-18-19-9-10-23(25(19,2)14-12-20(18)24)28-22-6-4-3-5-21(22)26-27-28;/h3-7,10,16,18-21,29H,8-9,11-15H2,1-2H3;2*3-6,10,15-16,19-21H,7-9,11-14H2,1-2H3;3-7,10,17-20,29H,8-9,11-15H2,1-2H3;1H4/t18-,19?,20?,21?,25-,26-;2*19?,20?,21?,25-,26-;17-,18?,19?,20?,24-,25-;/m0000./s1. The zero-order chi connectivity index (χ0) is 79.2. The third-order valence-corrected chi connectivity index (χ3v) is 37.0. The highest BCUT2D eigenvalue weighted by Crippen LogP contribution is 2.71. The highest BCUT2D eigenvalue weighted by atomic mass is 16.3. The van der Waals surface area contributed by atoms with Gasteiger partial charge in [-0.3, -0.25) is 9.59 Å². The Morgan fingerprint density at radius 1 is 0.325 bits per heavy atom. The summed E-state index contributed by atoms with van der Waals surface area (Å²) in [6, 6.07) is 33.8. The first-order valence-corrected chi connectivity index (χ1v) is 45.7. The lowest BCUT2D eigenvalue weighted by Crippen LogP contribution is -2.50. The van der Waals surface area contributed by atoms with Gasteiger partial charge in [-0.05, 0) is 320 Å². The first-order chi connectivity index (χ1) is 56.0. The lowest BCUT2D eigenvalue weighted by molar-refractivity contribution is -0.117. The summed E-state index contributed by atoms with van der Waals surface area (Å²) < 4.78 is 9.23. The van der Waals surface area contributed by atoms with Crippen molar-refractivity contribution in [3.05, 3.63) is 187 Å². The van der Waals surface area contributed by atoms with Gasteiger partial charge < -0.3 is 23.9 Å². The molecule has 13 heteroatoms. The maximum atomic E-state index is 12.0. The van der Waals surface area contributed by atoms with E-state index >= 15 is 0 Å². The topological polar surface area (TPSA) is 159 Å². The van der Waals surface area contributed by atoms with Crippen molar-refractivity contribution >= 4 is 78.5 Å². The maximum Gasteiger partial charge on any atom is 0.155 e. The smallest absolute Gasteiger partial charge is 0.155 e. The first kappa shape index (κ1) is 77.5. The van der Waals surface area contributed by atoms with Crippen molar-refractivity contribution in [1.29, 1.82) is 0 Å². The molecular weight excluding hydrogens is 1440 g/mol. The van der Waals surface area contributed by atoms with Crippen molar-refractivity contribution in [3.63, 3.8) is 0 Å². The molecule has 4 aromatic carbocycles. The van der Waals surface area contributed by atoms with E-state index in [1.807, 2.05) is 37.2 Å². The molecule has 8 saturated carbocycles. The molecule has 8 aromatic rings. The molecule has 4 aromatic heterocycles. The minimum absolute atomic E-state index is 0. The minimum Gasteiger partial charge on any atom is -0.393 e. The van der Waals surface area contributed by atoms with Crippen LogP contribution in [-0.2, 0) is 9.59 Å². The number of fused-ring (bicyclic) bond motifs is 24. The molecule has 0 bridgehead atoms. The van der Waals surface area contributed by atoms with Crippen molar-refractivity contribution in [1.82, 2.24) is 43.6 Å². The predicted molar refractivity (Wildman–Crippen MR) is 471 cm³/mol. The number of allylic oxidation sites excluding steroid dienone is 14. The van der Waals surface area contributed by atoms with Crippen molar-refractivity contribution in [2.75, 3.05) is 0 Å². The van der Waals surface area contributed by atoms with Crippen LogP contribution in [0.15, 0.2) is 187 Å². The van der Waals surface area contributed by atoms with Crippen LogP contribution in [0.1, 0.15) is 243 Å². The van der Waals surface area contributed by atoms with Crippen LogP contribution in [0.5, 0.6) is 0 Å². The number of rotatable bonds is 4. The van der Waals surface area contributed by atoms with E-state index in [0.29, 0.717) is 40.2 Å². The number of aromatic nitrogens is 9. The molecule has 12 unspecified atom stereocenters. The molecular formula is C104H127N9O4. The van der Waals surface area contributed by atoms with Crippen LogP contribution in [0, 0.1) is 114 Å². The monoisotopic (exact) mass is 1570 g/mol. The van der Waals surface area contributed by atoms with Crippen molar-refractivity contribution in [3.8, 4) is 0 Å². The summed E-state index contributed by atoms with van der Waals surface area (Å²) in [7, 11) is 0. The summed E-state index contributed by atoms with van der Waals surface area (Å²) in [4.78, 5) is 38.1. The number of carbonyl (C=O) groups is 2. The molecule has 24 rings (SSSR count). The van der Waals surface area contributed by atoms with Crippen LogP contribution >= 0.6 is 0 Å². The molecule has 612 valence electrons. The summed E-state index contributed by atoms with van der Waals surface area (Å²) in [6.07, 6.45) is 56.6. The Balaban J connectivity index is 0.000000100. The average Bonchev–Trinajstić information content (AvgIpc) is 1.71. The number of aliphatic hydroxyl groups is 2. The zero-order valence-corrected chi connectivity index (χ0v) is 70.2. The molecule has 0 spiro atoms. The summed E-state index contributed by atoms with van der Waals surface area (Å²) in [6.45, 7) is 20.0. The minimum atomic E-state index is -0.125. The van der Waals surface area contributed by atoms with Crippen LogP contribution in [0.2, 0.25) is 0 Å². The quantitative estimate of drug-likeness (QED) is 0.164. The third-order valence-electron chi connectivity index (χ3n) is 37.0. The summed E-state index contributed by atoms with van der Waals surface area (Å²) >= 11 is 0. The van der Waals surface area contributed by atoms with Crippen molar-refractivity contribution in [2.45, 2.75) is 255 Å². The van der Waals surface area contributed by atoms with Gasteiger partial charge >= 0.3 is 0 Å². The lowest BCUT2D eigenvalue weighted by atomic mass is 9.47. The van der Waals surface area contributed by atoms with Gasteiger partial charge in [0.1, 0.15) is 24.5 Å². The van der Waals surface area contributed by atoms with Crippen molar-refractivity contribution < 1.29 is 19.8 Å². The summed E-state index contributed by atoms with van der Waals surface area (Å²) in [5, 5.41) is 29.4. The molecule has 22 atom stereocenters. The van der Waals surface area contributed by atoms with E-state index in [4.69, 9.17) is 0 Å². The van der Waals surface area contributed by atoms with E-state index in [2.05, 4.69) is 226 Å². The van der Waals surface area contributed by atoms with E-state index in [0.717, 1.165) is 164 Å².